The van der Waals surface area contributed by atoms with Crippen LogP contribution in [0.3, 0.4) is 0 Å². The zero-order chi connectivity index (χ0) is 12.1. The van der Waals surface area contributed by atoms with Crippen molar-refractivity contribution in [2.75, 3.05) is 5.32 Å². The number of aromatic nitrogens is 1. The molecule has 0 aliphatic rings. The fourth-order valence-electron chi connectivity index (χ4n) is 1.44. The van der Waals surface area contributed by atoms with E-state index in [9.17, 15) is 0 Å². The van der Waals surface area contributed by atoms with E-state index < -0.39 is 0 Å². The molecule has 3 N–H and O–H groups in total. The molecule has 1 aromatic heterocycles. The van der Waals surface area contributed by atoms with E-state index >= 15 is 0 Å². The van der Waals surface area contributed by atoms with E-state index in [2.05, 4.69) is 22.4 Å². The lowest BCUT2D eigenvalue weighted by Crippen LogP contribution is -2.11. The molecule has 4 heteroatoms. The second-order valence-corrected chi connectivity index (χ2v) is 4.08. The van der Waals surface area contributed by atoms with Crippen LogP contribution in [0.1, 0.15) is 11.3 Å². The van der Waals surface area contributed by atoms with Crippen LogP contribution in [0.2, 0.25) is 0 Å². The normalized spacial score (nSPS) is 9.88. The Morgan fingerprint density at radius 2 is 1.94 bits per heavy atom. The Labute approximate surface area is 106 Å². The van der Waals surface area contributed by atoms with E-state index in [0.717, 1.165) is 12.2 Å². The summed E-state index contributed by atoms with van der Waals surface area (Å²) in [6, 6.07) is 13.9. The van der Waals surface area contributed by atoms with Gasteiger partial charge in [-0.2, -0.15) is 0 Å². The molecule has 17 heavy (non-hydrogen) atoms. The highest BCUT2D eigenvalue weighted by molar-refractivity contribution is 7.80. The van der Waals surface area contributed by atoms with Gasteiger partial charge in [0.15, 0.2) is 0 Å². The Balaban J connectivity index is 1.98. The van der Waals surface area contributed by atoms with Crippen LogP contribution in [-0.2, 0) is 6.54 Å². The average Bonchev–Trinajstić information content (AvgIpc) is 2.38. The Kier molecular flexibility index (Phi) is 3.67. The van der Waals surface area contributed by atoms with Gasteiger partial charge in [0.05, 0.1) is 17.6 Å². The fourth-order valence-corrected chi connectivity index (χ4v) is 1.56. The molecular formula is C13H13N3S. The lowest BCUT2D eigenvalue weighted by Gasteiger charge is -2.06. The van der Waals surface area contributed by atoms with E-state index in [4.69, 9.17) is 18.0 Å². The Morgan fingerprint density at radius 1 is 1.18 bits per heavy atom. The van der Waals surface area contributed by atoms with Gasteiger partial charge < -0.3 is 11.1 Å². The minimum atomic E-state index is 0.319. The molecule has 86 valence electrons. The monoisotopic (exact) mass is 243 g/mol. The van der Waals surface area contributed by atoms with Crippen molar-refractivity contribution in [2.24, 2.45) is 5.73 Å². The minimum absolute atomic E-state index is 0.319. The van der Waals surface area contributed by atoms with Gasteiger partial charge >= 0.3 is 0 Å². The number of benzene rings is 1. The van der Waals surface area contributed by atoms with Gasteiger partial charge in [-0.05, 0) is 17.7 Å². The van der Waals surface area contributed by atoms with Crippen molar-refractivity contribution < 1.29 is 0 Å². The van der Waals surface area contributed by atoms with Gasteiger partial charge in [0.1, 0.15) is 4.99 Å². The highest BCUT2D eigenvalue weighted by Crippen LogP contribution is 2.08. The molecule has 0 saturated carbocycles. The van der Waals surface area contributed by atoms with Crippen molar-refractivity contribution in [1.29, 1.82) is 0 Å². The number of thiocarbonyl (C=S) groups is 1. The molecule has 1 aromatic carbocycles. The zero-order valence-corrected chi connectivity index (χ0v) is 10.1. The van der Waals surface area contributed by atoms with Crippen molar-refractivity contribution in [2.45, 2.75) is 6.54 Å². The number of pyridine rings is 1. The number of nitrogens with two attached hydrogens (primary N) is 1. The minimum Gasteiger partial charge on any atom is -0.388 e. The number of nitrogens with zero attached hydrogens (tertiary/aromatic N) is 1. The van der Waals surface area contributed by atoms with Crippen LogP contribution in [0.5, 0.6) is 0 Å². The van der Waals surface area contributed by atoms with Crippen LogP contribution in [0.25, 0.3) is 0 Å². The Bertz CT molecular complexity index is 494. The van der Waals surface area contributed by atoms with Crippen molar-refractivity contribution >= 4 is 22.9 Å². The molecule has 0 unspecified atom stereocenters. The van der Waals surface area contributed by atoms with E-state index in [0.29, 0.717) is 10.7 Å². The topological polar surface area (TPSA) is 50.9 Å². The molecule has 3 nitrogen and oxygen atoms in total. The second kappa shape index (κ2) is 5.41. The number of hydrogen-bond donors (Lipinski definition) is 2. The first kappa shape index (κ1) is 11.5. The van der Waals surface area contributed by atoms with Crippen LogP contribution < -0.4 is 11.1 Å². The lowest BCUT2D eigenvalue weighted by atomic mass is 10.2. The van der Waals surface area contributed by atoms with Gasteiger partial charge in [-0.3, -0.25) is 4.98 Å². The van der Waals surface area contributed by atoms with E-state index in [-0.39, 0.29) is 0 Å². The van der Waals surface area contributed by atoms with Crippen LogP contribution in [0.4, 0.5) is 5.69 Å². The van der Waals surface area contributed by atoms with Crippen LogP contribution in [0.15, 0.2) is 48.7 Å². The van der Waals surface area contributed by atoms with Crippen molar-refractivity contribution in [3.8, 4) is 0 Å². The summed E-state index contributed by atoms with van der Waals surface area (Å²) < 4.78 is 0. The average molecular weight is 243 g/mol. The molecule has 0 aliphatic heterocycles. The van der Waals surface area contributed by atoms with Crippen LogP contribution in [-0.4, -0.2) is 9.97 Å². The van der Waals surface area contributed by atoms with Gasteiger partial charge in [0, 0.05) is 6.54 Å². The van der Waals surface area contributed by atoms with Crippen LogP contribution in [0, 0.1) is 0 Å². The second-order valence-electron chi connectivity index (χ2n) is 3.64. The highest BCUT2D eigenvalue weighted by Gasteiger charge is 1.98. The van der Waals surface area contributed by atoms with Crippen molar-refractivity contribution in [3.63, 3.8) is 0 Å². The first-order valence-electron chi connectivity index (χ1n) is 5.29. The summed E-state index contributed by atoms with van der Waals surface area (Å²) >= 11 is 4.84. The Morgan fingerprint density at radius 3 is 2.53 bits per heavy atom. The standard InChI is InChI=1S/C13H13N3S/c14-13(17)12-7-6-11(9-16-12)15-8-10-4-2-1-3-5-10/h1-7,9,15H,8H2,(H2,14,17). The summed E-state index contributed by atoms with van der Waals surface area (Å²) in [5.74, 6) is 0. The summed E-state index contributed by atoms with van der Waals surface area (Å²) in [4.78, 5) is 4.48. The number of hydrogen-bond acceptors (Lipinski definition) is 3. The van der Waals surface area contributed by atoms with E-state index in [1.807, 2.05) is 30.3 Å². The summed E-state index contributed by atoms with van der Waals surface area (Å²) in [7, 11) is 0. The molecule has 0 saturated heterocycles. The molecule has 0 spiro atoms. The maximum atomic E-state index is 5.48. The molecule has 2 rings (SSSR count). The third kappa shape index (κ3) is 3.26. The summed E-state index contributed by atoms with van der Waals surface area (Å²) in [6.45, 7) is 0.773. The van der Waals surface area contributed by atoms with Gasteiger partial charge in [-0.1, -0.05) is 42.5 Å². The van der Waals surface area contributed by atoms with Crippen LogP contribution >= 0.6 is 12.2 Å². The Hall–Kier alpha value is -1.94. The van der Waals surface area contributed by atoms with Gasteiger partial charge in [0.25, 0.3) is 0 Å². The number of rotatable bonds is 4. The maximum Gasteiger partial charge on any atom is 0.122 e. The van der Waals surface area contributed by atoms with Crippen molar-refractivity contribution in [1.82, 2.24) is 4.98 Å². The summed E-state index contributed by atoms with van der Waals surface area (Å²) in [6.07, 6.45) is 1.73. The van der Waals surface area contributed by atoms with E-state index in [1.54, 1.807) is 6.20 Å². The third-order valence-corrected chi connectivity index (χ3v) is 2.56. The van der Waals surface area contributed by atoms with E-state index in [1.165, 1.54) is 5.56 Å². The SMILES string of the molecule is NC(=S)c1ccc(NCc2ccccc2)cn1. The first-order valence-corrected chi connectivity index (χ1v) is 5.70. The molecule has 1 heterocycles. The predicted molar refractivity (Wildman–Crippen MR) is 73.9 cm³/mol. The van der Waals surface area contributed by atoms with Gasteiger partial charge in [-0.25, -0.2) is 0 Å². The molecule has 2 aromatic rings. The molecule has 0 atom stereocenters. The highest BCUT2D eigenvalue weighted by atomic mass is 32.1. The molecule has 0 radical (unpaired) electrons. The fraction of sp³-hybridized carbons (Fsp3) is 0.0769. The quantitative estimate of drug-likeness (QED) is 0.809. The smallest absolute Gasteiger partial charge is 0.122 e. The molecule has 0 fully saturated rings. The summed E-state index contributed by atoms with van der Waals surface area (Å²) in [5, 5.41) is 3.28. The molecule has 0 amide bonds. The third-order valence-electron chi connectivity index (χ3n) is 2.36. The molecular weight excluding hydrogens is 230 g/mol. The first-order chi connectivity index (χ1) is 8.25. The maximum absolute atomic E-state index is 5.48. The summed E-state index contributed by atoms with van der Waals surface area (Å²) in [5.41, 5.74) is 8.30. The predicted octanol–water partition coefficient (Wildman–Crippen LogP) is 2.33. The van der Waals surface area contributed by atoms with Gasteiger partial charge in [0.2, 0.25) is 0 Å². The lowest BCUT2D eigenvalue weighted by molar-refractivity contribution is 1.13. The zero-order valence-electron chi connectivity index (χ0n) is 9.26. The number of nitrogens with one attached hydrogen (secondary N) is 1. The molecule has 0 aliphatic carbocycles. The van der Waals surface area contributed by atoms with Crippen molar-refractivity contribution in [3.05, 3.63) is 59.9 Å². The van der Waals surface area contributed by atoms with Gasteiger partial charge in [-0.15, -0.1) is 0 Å². The molecule has 0 bridgehead atoms. The number of anilines is 1. The largest absolute Gasteiger partial charge is 0.388 e.